The Labute approximate surface area is 232 Å². The normalized spacial score (nSPS) is 19.2. The highest BCUT2D eigenvalue weighted by molar-refractivity contribution is 5.90. The van der Waals surface area contributed by atoms with Crippen LogP contribution in [0.3, 0.4) is 0 Å². The Morgan fingerprint density at radius 1 is 0.949 bits per heavy atom. The number of hydrogen-bond donors (Lipinski definition) is 1. The van der Waals surface area contributed by atoms with E-state index in [-0.39, 0.29) is 10.8 Å². The van der Waals surface area contributed by atoms with Crippen LogP contribution in [-0.4, -0.2) is 36.9 Å². The highest BCUT2D eigenvalue weighted by Crippen LogP contribution is 2.42. The van der Waals surface area contributed by atoms with E-state index in [9.17, 15) is 0 Å². The summed E-state index contributed by atoms with van der Waals surface area (Å²) in [5.41, 5.74) is 7.56. The van der Waals surface area contributed by atoms with Gasteiger partial charge in [0.15, 0.2) is 11.6 Å². The number of hydrogen-bond acceptors (Lipinski definition) is 5. The van der Waals surface area contributed by atoms with E-state index in [1.165, 1.54) is 57.7 Å². The maximum Gasteiger partial charge on any atom is 0.155 e. The first-order chi connectivity index (χ1) is 18.7. The molecule has 0 aliphatic heterocycles. The molecule has 0 unspecified atom stereocenters. The molecule has 0 aromatic carbocycles. The van der Waals surface area contributed by atoms with Crippen LogP contribution in [0, 0.1) is 10.8 Å². The SMILES string of the molecule is CC1(CC(N=CN)=Nc2cccc(C(C)(C)c3cccc(-n4ncnc4CC4(C)CCCC4)n3)n2)CCCC1. The van der Waals surface area contributed by atoms with E-state index < -0.39 is 5.41 Å². The number of aliphatic imine (C=N–C) groups is 2. The fourth-order valence-corrected chi connectivity index (χ4v) is 6.34. The molecule has 8 nitrogen and oxygen atoms in total. The van der Waals surface area contributed by atoms with Gasteiger partial charge < -0.3 is 5.73 Å². The van der Waals surface area contributed by atoms with Crippen molar-refractivity contribution >= 4 is 18.0 Å². The molecule has 0 radical (unpaired) electrons. The molecule has 5 rings (SSSR count). The summed E-state index contributed by atoms with van der Waals surface area (Å²) >= 11 is 0. The molecular formula is C31H42N8. The third-order valence-electron chi connectivity index (χ3n) is 8.84. The molecule has 3 heterocycles. The van der Waals surface area contributed by atoms with Crippen LogP contribution in [-0.2, 0) is 11.8 Å². The van der Waals surface area contributed by atoms with Gasteiger partial charge in [-0.1, -0.05) is 51.7 Å². The molecule has 2 aliphatic rings. The van der Waals surface area contributed by atoms with Gasteiger partial charge in [-0.25, -0.2) is 24.9 Å². The molecule has 2 fully saturated rings. The van der Waals surface area contributed by atoms with Gasteiger partial charge in [-0.2, -0.15) is 9.78 Å². The average Bonchev–Trinajstić information content (AvgIpc) is 3.66. The standard InChI is InChI=1S/C31H42N8/c1-29(2,23-11-9-13-25(36-23)38-26(33-21-32)19-30(3)15-5-6-16-30)24-12-10-14-27(37-24)39-28(34-22-35-39)20-31(4)17-7-8-18-31/h9-14,21-22H,5-8,15-20H2,1-4H3,(H2,32,33,36,38). The van der Waals surface area contributed by atoms with Crippen LogP contribution in [0.1, 0.15) is 103 Å². The van der Waals surface area contributed by atoms with Gasteiger partial charge in [0, 0.05) is 18.3 Å². The van der Waals surface area contributed by atoms with Gasteiger partial charge in [-0.05, 0) is 74.6 Å². The second kappa shape index (κ2) is 11.0. The minimum atomic E-state index is -0.450. The zero-order valence-corrected chi connectivity index (χ0v) is 23.9. The molecular weight excluding hydrogens is 484 g/mol. The summed E-state index contributed by atoms with van der Waals surface area (Å²) in [7, 11) is 0. The van der Waals surface area contributed by atoms with E-state index in [1.807, 2.05) is 35.0 Å². The van der Waals surface area contributed by atoms with Crippen LogP contribution in [0.5, 0.6) is 0 Å². The van der Waals surface area contributed by atoms with E-state index in [0.29, 0.717) is 5.82 Å². The number of pyridine rings is 2. The van der Waals surface area contributed by atoms with E-state index in [2.05, 4.69) is 48.8 Å². The third-order valence-corrected chi connectivity index (χ3v) is 8.84. The Hall–Kier alpha value is -3.42. The Bertz CT molecular complexity index is 1340. The summed E-state index contributed by atoms with van der Waals surface area (Å²) < 4.78 is 1.90. The molecule has 0 spiro atoms. The molecule has 2 aliphatic carbocycles. The predicted molar refractivity (Wildman–Crippen MR) is 157 cm³/mol. The first kappa shape index (κ1) is 27.2. The lowest BCUT2D eigenvalue weighted by atomic mass is 9.84. The first-order valence-corrected chi connectivity index (χ1v) is 14.4. The number of rotatable bonds is 8. The number of amidine groups is 1. The van der Waals surface area contributed by atoms with E-state index in [0.717, 1.165) is 41.7 Å². The summed E-state index contributed by atoms with van der Waals surface area (Å²) in [6, 6.07) is 12.1. The zero-order chi connectivity index (χ0) is 27.5. The van der Waals surface area contributed by atoms with E-state index in [4.69, 9.17) is 20.7 Å². The molecule has 0 amide bonds. The molecule has 0 saturated heterocycles. The molecule has 206 valence electrons. The Morgan fingerprint density at radius 3 is 2.28 bits per heavy atom. The molecule has 3 aromatic rings. The van der Waals surface area contributed by atoms with Gasteiger partial charge in [0.1, 0.15) is 18.0 Å². The van der Waals surface area contributed by atoms with Gasteiger partial charge in [0.25, 0.3) is 0 Å². The van der Waals surface area contributed by atoms with Crippen LogP contribution in [0.25, 0.3) is 5.82 Å². The fourth-order valence-electron chi connectivity index (χ4n) is 6.34. The quantitative estimate of drug-likeness (QED) is 0.266. The molecule has 3 aromatic heterocycles. The second-order valence-electron chi connectivity index (χ2n) is 12.7. The Kier molecular flexibility index (Phi) is 7.65. The summed E-state index contributed by atoms with van der Waals surface area (Å²) in [5, 5.41) is 4.55. The number of nitrogens with two attached hydrogens (primary N) is 1. The summed E-state index contributed by atoms with van der Waals surface area (Å²) in [5.74, 6) is 3.13. The smallest absolute Gasteiger partial charge is 0.155 e. The minimum Gasteiger partial charge on any atom is -0.390 e. The Balaban J connectivity index is 1.41. The maximum absolute atomic E-state index is 5.68. The highest BCUT2D eigenvalue weighted by Gasteiger charge is 2.32. The lowest BCUT2D eigenvalue weighted by Crippen LogP contribution is -2.23. The molecule has 39 heavy (non-hydrogen) atoms. The van der Waals surface area contributed by atoms with Gasteiger partial charge in [-0.15, -0.1) is 0 Å². The van der Waals surface area contributed by atoms with Crippen LogP contribution in [0.15, 0.2) is 52.7 Å². The maximum atomic E-state index is 5.68. The average molecular weight is 527 g/mol. The topological polar surface area (TPSA) is 107 Å². The van der Waals surface area contributed by atoms with Crippen molar-refractivity contribution in [1.82, 2.24) is 24.7 Å². The van der Waals surface area contributed by atoms with Crippen molar-refractivity contribution < 1.29 is 0 Å². The van der Waals surface area contributed by atoms with Crippen molar-refractivity contribution in [2.45, 2.75) is 97.3 Å². The van der Waals surface area contributed by atoms with Crippen molar-refractivity contribution in [3.63, 3.8) is 0 Å². The largest absolute Gasteiger partial charge is 0.390 e. The van der Waals surface area contributed by atoms with Crippen LogP contribution < -0.4 is 5.73 Å². The molecule has 2 saturated carbocycles. The lowest BCUT2D eigenvalue weighted by Gasteiger charge is -2.25. The van der Waals surface area contributed by atoms with Gasteiger partial charge in [0.2, 0.25) is 0 Å². The van der Waals surface area contributed by atoms with Crippen molar-refractivity contribution in [3.8, 4) is 5.82 Å². The number of nitrogens with zero attached hydrogens (tertiary/aromatic N) is 7. The Morgan fingerprint density at radius 2 is 1.59 bits per heavy atom. The van der Waals surface area contributed by atoms with E-state index >= 15 is 0 Å². The van der Waals surface area contributed by atoms with Crippen molar-refractivity contribution in [2.75, 3.05) is 0 Å². The van der Waals surface area contributed by atoms with Gasteiger partial charge in [-0.3, -0.25) is 0 Å². The number of aromatic nitrogens is 5. The monoisotopic (exact) mass is 526 g/mol. The second-order valence-corrected chi connectivity index (χ2v) is 12.7. The lowest BCUT2D eigenvalue weighted by molar-refractivity contribution is 0.324. The van der Waals surface area contributed by atoms with Crippen LogP contribution in [0.4, 0.5) is 5.82 Å². The molecule has 8 heteroatoms. The van der Waals surface area contributed by atoms with Crippen molar-refractivity contribution in [3.05, 3.63) is 59.9 Å². The van der Waals surface area contributed by atoms with Gasteiger partial charge in [0.05, 0.1) is 17.7 Å². The fraction of sp³-hybridized carbons (Fsp3) is 0.548. The molecule has 0 atom stereocenters. The predicted octanol–water partition coefficient (Wildman–Crippen LogP) is 6.49. The van der Waals surface area contributed by atoms with Gasteiger partial charge >= 0.3 is 0 Å². The minimum absolute atomic E-state index is 0.224. The van der Waals surface area contributed by atoms with Crippen molar-refractivity contribution in [2.24, 2.45) is 26.5 Å². The third kappa shape index (κ3) is 6.10. The van der Waals surface area contributed by atoms with E-state index in [1.54, 1.807) is 6.33 Å². The van der Waals surface area contributed by atoms with Crippen LogP contribution >= 0.6 is 0 Å². The van der Waals surface area contributed by atoms with Crippen molar-refractivity contribution in [1.29, 1.82) is 0 Å². The zero-order valence-electron chi connectivity index (χ0n) is 23.9. The summed E-state index contributed by atoms with van der Waals surface area (Å²) in [6.07, 6.45) is 14.7. The molecule has 0 bridgehead atoms. The van der Waals surface area contributed by atoms with Crippen LogP contribution in [0.2, 0.25) is 0 Å². The molecule has 2 N–H and O–H groups in total. The summed E-state index contributed by atoms with van der Waals surface area (Å²) in [4.78, 5) is 23.9. The first-order valence-electron chi connectivity index (χ1n) is 14.4. The summed E-state index contributed by atoms with van der Waals surface area (Å²) in [6.45, 7) is 8.98. The highest BCUT2D eigenvalue weighted by atomic mass is 15.4.